The van der Waals surface area contributed by atoms with Crippen LogP contribution in [0.5, 0.6) is 0 Å². The fourth-order valence-electron chi connectivity index (χ4n) is 2.18. The lowest BCUT2D eigenvalue weighted by atomic mass is 10.2. The summed E-state index contributed by atoms with van der Waals surface area (Å²) in [6.45, 7) is 2.40. The van der Waals surface area contributed by atoms with Gasteiger partial charge in [-0.2, -0.15) is 0 Å². The molecule has 21 heavy (non-hydrogen) atoms. The maximum absolute atomic E-state index is 13.5. The summed E-state index contributed by atoms with van der Waals surface area (Å²) < 4.78 is 24.4. The molecule has 1 heterocycles. The van der Waals surface area contributed by atoms with Gasteiger partial charge in [0.05, 0.1) is 18.3 Å². The molecule has 1 aromatic rings. The molecule has 0 saturated carbocycles. The van der Waals surface area contributed by atoms with Crippen molar-refractivity contribution in [3.05, 3.63) is 29.6 Å². The molecule has 1 fully saturated rings. The molecule has 1 amide bonds. The molecule has 1 aromatic carbocycles. The molecule has 0 bridgehead atoms. The lowest BCUT2D eigenvalue weighted by Gasteiger charge is -2.10. The van der Waals surface area contributed by atoms with Gasteiger partial charge in [-0.1, -0.05) is 0 Å². The molecule has 0 aromatic heterocycles. The van der Waals surface area contributed by atoms with E-state index in [9.17, 15) is 9.18 Å². The Bertz CT molecular complexity index is 476. The van der Waals surface area contributed by atoms with E-state index in [0.29, 0.717) is 31.9 Å². The van der Waals surface area contributed by atoms with E-state index in [1.54, 1.807) is 0 Å². The predicted octanol–water partition coefficient (Wildman–Crippen LogP) is 1.72. The second kappa shape index (κ2) is 7.95. The number of carbonyl (C=O) groups excluding carboxylic acids is 1. The topological polar surface area (TPSA) is 73.6 Å². The van der Waals surface area contributed by atoms with Gasteiger partial charge in [-0.25, -0.2) is 4.39 Å². The number of nitrogens with one attached hydrogen (secondary N) is 1. The first-order valence-corrected chi connectivity index (χ1v) is 7.19. The summed E-state index contributed by atoms with van der Waals surface area (Å²) in [7, 11) is 0. The number of ether oxygens (including phenoxy) is 2. The summed E-state index contributed by atoms with van der Waals surface area (Å²) in [6, 6.07) is 4.02. The molecule has 116 valence electrons. The van der Waals surface area contributed by atoms with Gasteiger partial charge in [0.1, 0.15) is 5.82 Å². The molecule has 0 spiro atoms. The van der Waals surface area contributed by atoms with E-state index in [2.05, 4.69) is 5.32 Å². The largest absolute Gasteiger partial charge is 0.399 e. The average molecular weight is 296 g/mol. The molecule has 2 rings (SSSR count). The van der Waals surface area contributed by atoms with Crippen LogP contribution in [0.3, 0.4) is 0 Å². The van der Waals surface area contributed by atoms with Crippen molar-refractivity contribution in [2.24, 2.45) is 0 Å². The normalized spacial score (nSPS) is 17.9. The lowest BCUT2D eigenvalue weighted by Crippen LogP contribution is -2.26. The molecule has 1 aliphatic heterocycles. The van der Waals surface area contributed by atoms with Crippen molar-refractivity contribution in [3.63, 3.8) is 0 Å². The minimum Gasteiger partial charge on any atom is -0.399 e. The van der Waals surface area contributed by atoms with Crippen LogP contribution in [0.1, 0.15) is 29.6 Å². The van der Waals surface area contributed by atoms with Gasteiger partial charge >= 0.3 is 0 Å². The van der Waals surface area contributed by atoms with E-state index >= 15 is 0 Å². The summed E-state index contributed by atoms with van der Waals surface area (Å²) >= 11 is 0. The summed E-state index contributed by atoms with van der Waals surface area (Å²) in [6.07, 6.45) is 3.03. The van der Waals surface area contributed by atoms with Gasteiger partial charge in [-0.05, 0) is 37.5 Å². The minimum absolute atomic E-state index is 0.00414. The Kier molecular flexibility index (Phi) is 5.95. The molecule has 5 nitrogen and oxygen atoms in total. The first-order chi connectivity index (χ1) is 10.2. The number of halogens is 1. The zero-order chi connectivity index (χ0) is 15.1. The van der Waals surface area contributed by atoms with Crippen molar-refractivity contribution < 1.29 is 18.7 Å². The van der Waals surface area contributed by atoms with E-state index < -0.39 is 11.7 Å². The van der Waals surface area contributed by atoms with Crippen LogP contribution in [0.2, 0.25) is 0 Å². The van der Waals surface area contributed by atoms with Crippen LogP contribution in [-0.4, -0.2) is 38.4 Å². The Morgan fingerprint density at radius 2 is 2.38 bits per heavy atom. The third kappa shape index (κ3) is 4.99. The van der Waals surface area contributed by atoms with E-state index in [0.717, 1.165) is 25.5 Å². The van der Waals surface area contributed by atoms with Crippen molar-refractivity contribution in [3.8, 4) is 0 Å². The molecule has 1 aliphatic rings. The van der Waals surface area contributed by atoms with Gasteiger partial charge in [0.15, 0.2) is 0 Å². The van der Waals surface area contributed by atoms with Gasteiger partial charge in [0.25, 0.3) is 5.91 Å². The van der Waals surface area contributed by atoms with Crippen molar-refractivity contribution in [1.82, 2.24) is 5.32 Å². The number of rotatable bonds is 7. The highest BCUT2D eigenvalue weighted by Crippen LogP contribution is 2.12. The Labute approximate surface area is 123 Å². The summed E-state index contributed by atoms with van der Waals surface area (Å²) in [5, 5.41) is 2.66. The maximum Gasteiger partial charge on any atom is 0.254 e. The molecule has 1 saturated heterocycles. The lowest BCUT2D eigenvalue weighted by molar-refractivity contribution is 0.0166. The Morgan fingerprint density at radius 1 is 1.52 bits per heavy atom. The van der Waals surface area contributed by atoms with Gasteiger partial charge in [-0.3, -0.25) is 4.79 Å². The van der Waals surface area contributed by atoms with Gasteiger partial charge in [-0.15, -0.1) is 0 Å². The third-order valence-corrected chi connectivity index (χ3v) is 3.32. The van der Waals surface area contributed by atoms with Crippen LogP contribution in [0.25, 0.3) is 0 Å². The molecule has 0 radical (unpaired) electrons. The van der Waals surface area contributed by atoms with Crippen LogP contribution in [-0.2, 0) is 9.47 Å². The standard InChI is InChI=1S/C15H21FN2O3/c16-14-9-11(17)4-5-13(14)15(19)18-6-2-7-20-10-12-3-1-8-21-12/h4-5,9,12H,1-3,6-8,10,17H2,(H,18,19). The van der Waals surface area contributed by atoms with Crippen LogP contribution in [0.15, 0.2) is 18.2 Å². The SMILES string of the molecule is Nc1ccc(C(=O)NCCCOCC2CCCO2)c(F)c1. The monoisotopic (exact) mass is 296 g/mol. The summed E-state index contributed by atoms with van der Waals surface area (Å²) in [5.74, 6) is -1.05. The zero-order valence-corrected chi connectivity index (χ0v) is 11.9. The predicted molar refractivity (Wildman–Crippen MR) is 77.6 cm³/mol. The molecular formula is C15H21FN2O3. The van der Waals surface area contributed by atoms with Crippen LogP contribution in [0.4, 0.5) is 10.1 Å². The van der Waals surface area contributed by atoms with Crippen molar-refractivity contribution in [2.45, 2.75) is 25.4 Å². The van der Waals surface area contributed by atoms with Crippen LogP contribution in [0, 0.1) is 5.82 Å². The quantitative estimate of drug-likeness (QED) is 0.593. The maximum atomic E-state index is 13.5. The highest BCUT2D eigenvalue weighted by molar-refractivity contribution is 5.94. The van der Waals surface area contributed by atoms with Gasteiger partial charge < -0.3 is 20.5 Å². The highest BCUT2D eigenvalue weighted by Gasteiger charge is 2.15. The minimum atomic E-state index is -0.609. The number of nitrogens with two attached hydrogens (primary N) is 1. The van der Waals surface area contributed by atoms with Crippen LogP contribution >= 0.6 is 0 Å². The van der Waals surface area contributed by atoms with Crippen LogP contribution < -0.4 is 11.1 Å². The smallest absolute Gasteiger partial charge is 0.254 e. The van der Waals surface area contributed by atoms with Gasteiger partial charge in [0, 0.05) is 25.4 Å². The number of anilines is 1. The second-order valence-corrected chi connectivity index (χ2v) is 5.06. The molecule has 1 unspecified atom stereocenters. The Balaban J connectivity index is 1.60. The Hall–Kier alpha value is -1.66. The van der Waals surface area contributed by atoms with Crippen molar-refractivity contribution in [1.29, 1.82) is 0 Å². The van der Waals surface area contributed by atoms with E-state index in [4.69, 9.17) is 15.2 Å². The number of carbonyl (C=O) groups is 1. The van der Waals surface area contributed by atoms with E-state index in [1.807, 2.05) is 0 Å². The van der Waals surface area contributed by atoms with E-state index in [-0.39, 0.29) is 11.7 Å². The van der Waals surface area contributed by atoms with Gasteiger partial charge in [0.2, 0.25) is 0 Å². The second-order valence-electron chi connectivity index (χ2n) is 5.06. The fraction of sp³-hybridized carbons (Fsp3) is 0.533. The average Bonchev–Trinajstić information content (AvgIpc) is 2.95. The van der Waals surface area contributed by atoms with E-state index in [1.165, 1.54) is 12.1 Å². The highest BCUT2D eigenvalue weighted by atomic mass is 19.1. The number of benzene rings is 1. The number of hydrogen-bond acceptors (Lipinski definition) is 4. The van der Waals surface area contributed by atoms with Crippen molar-refractivity contribution >= 4 is 11.6 Å². The molecule has 0 aliphatic carbocycles. The molecule has 6 heteroatoms. The summed E-state index contributed by atoms with van der Waals surface area (Å²) in [4.78, 5) is 11.8. The van der Waals surface area contributed by atoms with Crippen molar-refractivity contribution in [2.75, 3.05) is 32.1 Å². The fourth-order valence-corrected chi connectivity index (χ4v) is 2.18. The first-order valence-electron chi connectivity index (χ1n) is 7.19. The third-order valence-electron chi connectivity index (χ3n) is 3.32. The number of hydrogen-bond donors (Lipinski definition) is 2. The first kappa shape index (κ1) is 15.7. The molecular weight excluding hydrogens is 275 g/mol. The Morgan fingerprint density at radius 3 is 3.10 bits per heavy atom. The number of nitrogen functional groups attached to an aromatic ring is 1. The number of amides is 1. The summed E-state index contributed by atoms with van der Waals surface area (Å²) in [5.41, 5.74) is 5.74. The molecule has 1 atom stereocenters. The molecule has 3 N–H and O–H groups in total. The zero-order valence-electron chi connectivity index (χ0n) is 11.9.